The zero-order valence-corrected chi connectivity index (χ0v) is 26.8. The van der Waals surface area contributed by atoms with Gasteiger partial charge in [-0.05, 0) is 77.7 Å². The highest BCUT2D eigenvalue weighted by atomic mass is 35.5. The molecular weight excluding hydrogens is 668 g/mol. The van der Waals surface area contributed by atoms with Gasteiger partial charge in [-0.15, -0.1) is 23.2 Å². The van der Waals surface area contributed by atoms with Gasteiger partial charge in [0, 0.05) is 58.0 Å². The summed E-state index contributed by atoms with van der Waals surface area (Å²) < 4.78 is -1.34. The molecule has 1 aliphatic rings. The van der Waals surface area contributed by atoms with Gasteiger partial charge in [0.2, 0.25) is 5.91 Å². The third-order valence-electron chi connectivity index (χ3n) is 7.45. The lowest BCUT2D eigenvalue weighted by Gasteiger charge is -2.12. The number of aryl methyl sites for hydroxylation is 1. The fourth-order valence-electron chi connectivity index (χ4n) is 5.07. The van der Waals surface area contributed by atoms with Crippen LogP contribution in [0.2, 0.25) is 15.1 Å². The molecule has 1 amide bonds. The van der Waals surface area contributed by atoms with Crippen LogP contribution in [0.5, 0.6) is 0 Å². The highest BCUT2D eigenvalue weighted by molar-refractivity contribution is 6.53. The minimum atomic E-state index is -1.34. The van der Waals surface area contributed by atoms with Crippen LogP contribution in [0.4, 0.5) is 17.1 Å². The van der Waals surface area contributed by atoms with E-state index in [1.807, 2.05) is 25.1 Å². The van der Waals surface area contributed by atoms with E-state index in [1.165, 1.54) is 18.2 Å². The Hall–Kier alpha value is -3.33. The number of nitro benzene ring substituents is 1. The molecule has 1 aliphatic carbocycles. The normalized spacial score (nSPS) is 16.7. The lowest BCUT2D eigenvalue weighted by atomic mass is 9.98. The monoisotopic (exact) mass is 689 g/mol. The van der Waals surface area contributed by atoms with Crippen LogP contribution in [0.15, 0.2) is 78.9 Å². The van der Waals surface area contributed by atoms with Crippen molar-refractivity contribution in [1.82, 2.24) is 0 Å². The Labute approximate surface area is 278 Å². The fraction of sp³-hybridized carbons (Fsp3) is 0.188. The maximum absolute atomic E-state index is 13.3. The number of carbonyl (C=O) groups is 2. The van der Waals surface area contributed by atoms with Gasteiger partial charge in [-0.3, -0.25) is 19.7 Å². The van der Waals surface area contributed by atoms with Crippen molar-refractivity contribution in [2.24, 2.45) is 5.92 Å². The topological polar surface area (TPSA) is 101 Å². The smallest absolute Gasteiger partial charge is 0.269 e. The number of anilines is 2. The van der Waals surface area contributed by atoms with Crippen LogP contribution in [0.3, 0.4) is 0 Å². The second-order valence-corrected chi connectivity index (χ2v) is 13.3. The third kappa shape index (κ3) is 7.14. The van der Waals surface area contributed by atoms with Crippen molar-refractivity contribution >= 4 is 86.8 Å². The zero-order chi connectivity index (χ0) is 31.8. The van der Waals surface area contributed by atoms with Crippen LogP contribution in [0.1, 0.15) is 38.5 Å². The number of halogens is 5. The molecule has 12 heteroatoms. The van der Waals surface area contributed by atoms with Crippen LogP contribution in [0, 0.1) is 23.0 Å². The predicted molar refractivity (Wildman–Crippen MR) is 177 cm³/mol. The number of rotatable bonds is 10. The number of hydrogen-bond donors (Lipinski definition) is 2. The van der Waals surface area contributed by atoms with E-state index in [-0.39, 0.29) is 28.5 Å². The summed E-state index contributed by atoms with van der Waals surface area (Å²) in [5, 5.41) is 18.0. The van der Waals surface area contributed by atoms with Crippen molar-refractivity contribution in [3.8, 4) is 0 Å². The predicted octanol–water partition coefficient (Wildman–Crippen LogP) is 9.43. The Morgan fingerprint density at radius 3 is 2.18 bits per heavy atom. The molecule has 0 aliphatic heterocycles. The van der Waals surface area contributed by atoms with Gasteiger partial charge in [0.25, 0.3) is 5.69 Å². The first-order valence-electron chi connectivity index (χ1n) is 13.4. The number of nitrogens with zero attached hydrogens (tertiary/aromatic N) is 1. The third-order valence-corrected chi connectivity index (χ3v) is 9.16. The molecule has 0 spiro atoms. The largest absolute Gasteiger partial charge is 0.381 e. The molecule has 4 aromatic carbocycles. The van der Waals surface area contributed by atoms with Crippen molar-refractivity contribution < 1.29 is 14.5 Å². The number of Topliss-reactive ketones (excluding diaryl/α,β-unsaturated/α-hetero) is 1. The van der Waals surface area contributed by atoms with E-state index in [4.69, 9.17) is 58.0 Å². The summed E-state index contributed by atoms with van der Waals surface area (Å²) >= 11 is 31.6. The van der Waals surface area contributed by atoms with Crippen molar-refractivity contribution in [2.45, 2.75) is 30.1 Å². The molecule has 0 bridgehead atoms. The molecule has 2 N–H and O–H groups in total. The first-order valence-corrected chi connectivity index (χ1v) is 15.3. The molecule has 0 heterocycles. The summed E-state index contributed by atoms with van der Waals surface area (Å²) in [6, 6.07) is 21.6. The molecule has 1 saturated carbocycles. The first kappa shape index (κ1) is 32.1. The molecule has 44 heavy (non-hydrogen) atoms. The summed E-state index contributed by atoms with van der Waals surface area (Å²) in [7, 11) is 0. The highest BCUT2D eigenvalue weighted by Gasteiger charge is 2.67. The zero-order valence-electron chi connectivity index (χ0n) is 23.0. The molecule has 0 saturated heterocycles. The Kier molecular flexibility index (Phi) is 9.44. The Bertz CT molecular complexity index is 1760. The van der Waals surface area contributed by atoms with E-state index in [1.54, 1.807) is 42.5 Å². The Morgan fingerprint density at radius 1 is 0.886 bits per heavy atom. The van der Waals surface area contributed by atoms with Crippen molar-refractivity contribution in [1.29, 1.82) is 0 Å². The second kappa shape index (κ2) is 13.0. The molecule has 2 unspecified atom stereocenters. The maximum Gasteiger partial charge on any atom is 0.269 e. The van der Waals surface area contributed by atoms with Gasteiger partial charge in [-0.2, -0.15) is 0 Å². The van der Waals surface area contributed by atoms with Crippen LogP contribution in [-0.4, -0.2) is 20.9 Å². The van der Waals surface area contributed by atoms with E-state index < -0.39 is 27.0 Å². The van der Waals surface area contributed by atoms with Crippen LogP contribution in [-0.2, 0) is 17.8 Å². The molecule has 5 rings (SSSR count). The number of nitrogens with one attached hydrogen (secondary N) is 2. The molecule has 226 valence electrons. The van der Waals surface area contributed by atoms with E-state index in [2.05, 4.69) is 10.6 Å². The van der Waals surface area contributed by atoms with Crippen molar-refractivity contribution in [3.63, 3.8) is 0 Å². The van der Waals surface area contributed by atoms with Crippen LogP contribution < -0.4 is 10.6 Å². The molecule has 0 radical (unpaired) electrons. The van der Waals surface area contributed by atoms with Gasteiger partial charge in [-0.1, -0.05) is 53.0 Å². The van der Waals surface area contributed by atoms with Gasteiger partial charge in [0.05, 0.1) is 15.9 Å². The molecular formula is C32H24Cl5N3O4. The number of amides is 1. The summed E-state index contributed by atoms with van der Waals surface area (Å²) in [4.78, 5) is 36.9. The van der Waals surface area contributed by atoms with E-state index in [9.17, 15) is 19.7 Å². The average Bonchev–Trinajstić information content (AvgIpc) is 3.55. The van der Waals surface area contributed by atoms with Gasteiger partial charge in [-0.25, -0.2) is 0 Å². The van der Waals surface area contributed by atoms with E-state index in [0.717, 1.165) is 22.4 Å². The van der Waals surface area contributed by atoms with Gasteiger partial charge in [0.1, 0.15) is 4.33 Å². The molecule has 2 atom stereocenters. The number of carbonyl (C=O) groups excluding carboxylic acids is 2. The standard InChI is InChI=1S/C32H24Cl5N3O4/c1-17-10-23(38-16-18-2-7-25(8-3-18)40(43)44)5-4-19(17)13-28(41)26-15-24(6-9-27(26)35)39-31(42)30-29(32(30,36)37)20-11-21(33)14-22(34)12-20/h2-12,14-15,29-30,38H,13,16H2,1H3,(H,39,42). The summed E-state index contributed by atoms with van der Waals surface area (Å²) in [5.41, 5.74) is 4.78. The second-order valence-electron chi connectivity index (χ2n) is 10.5. The maximum atomic E-state index is 13.3. The summed E-state index contributed by atoms with van der Waals surface area (Å²) in [6.45, 7) is 2.38. The average molecular weight is 692 g/mol. The number of non-ortho nitro benzene ring substituents is 1. The van der Waals surface area contributed by atoms with Crippen molar-refractivity contribution in [3.05, 3.63) is 132 Å². The van der Waals surface area contributed by atoms with Crippen LogP contribution in [0.25, 0.3) is 0 Å². The molecule has 0 aromatic heterocycles. The number of ketones is 1. The Morgan fingerprint density at radius 2 is 1.55 bits per heavy atom. The van der Waals surface area contributed by atoms with Crippen molar-refractivity contribution in [2.75, 3.05) is 10.6 Å². The van der Waals surface area contributed by atoms with E-state index in [0.29, 0.717) is 27.8 Å². The fourth-order valence-corrected chi connectivity index (χ4v) is 6.67. The highest BCUT2D eigenvalue weighted by Crippen LogP contribution is 2.65. The lowest BCUT2D eigenvalue weighted by molar-refractivity contribution is -0.384. The lowest BCUT2D eigenvalue weighted by Crippen LogP contribution is -2.17. The number of alkyl halides is 2. The number of benzene rings is 4. The minimum absolute atomic E-state index is 0.0373. The summed E-state index contributed by atoms with van der Waals surface area (Å²) in [6.07, 6.45) is 0.0955. The van der Waals surface area contributed by atoms with Gasteiger partial charge >= 0.3 is 0 Å². The number of nitro groups is 1. The SMILES string of the molecule is Cc1cc(NCc2ccc([N+](=O)[O-])cc2)ccc1CC(=O)c1cc(NC(=O)C2C(c3cc(Cl)cc(Cl)c3)C2(Cl)Cl)ccc1Cl. The first-order chi connectivity index (χ1) is 20.8. The van der Waals surface area contributed by atoms with Crippen LogP contribution >= 0.6 is 58.0 Å². The molecule has 4 aromatic rings. The number of hydrogen-bond acceptors (Lipinski definition) is 5. The Balaban J connectivity index is 1.23. The summed E-state index contributed by atoms with van der Waals surface area (Å²) in [5.74, 6) is -1.90. The molecule has 1 fully saturated rings. The molecule has 7 nitrogen and oxygen atoms in total. The minimum Gasteiger partial charge on any atom is -0.381 e. The van der Waals surface area contributed by atoms with E-state index >= 15 is 0 Å². The quantitative estimate of drug-likeness (QED) is 0.0747. The van der Waals surface area contributed by atoms with Gasteiger partial charge < -0.3 is 10.6 Å². The van der Waals surface area contributed by atoms with Gasteiger partial charge in [0.15, 0.2) is 5.78 Å².